The van der Waals surface area contributed by atoms with Crippen molar-refractivity contribution in [3.63, 3.8) is 0 Å². The summed E-state index contributed by atoms with van der Waals surface area (Å²) in [5.74, 6) is -2.26. The molecule has 2 rings (SSSR count). The van der Waals surface area contributed by atoms with Gasteiger partial charge in [-0.05, 0) is 24.6 Å². The zero-order valence-corrected chi connectivity index (χ0v) is 11.2. The van der Waals surface area contributed by atoms with Crippen LogP contribution in [-0.4, -0.2) is 41.1 Å². The first-order chi connectivity index (χ1) is 10.2. The third-order valence-electron chi connectivity index (χ3n) is 3.33. The molecule has 1 atom stereocenters. The maximum Gasteiger partial charge on any atom is 0.419 e. The average molecular weight is 320 g/mol. The molecule has 1 heterocycles. The predicted molar refractivity (Wildman–Crippen MR) is 66.9 cm³/mol. The van der Waals surface area contributed by atoms with Crippen molar-refractivity contribution in [3.8, 4) is 0 Å². The first-order valence-corrected chi connectivity index (χ1v) is 6.34. The Kier molecular flexibility index (Phi) is 4.25. The van der Waals surface area contributed by atoms with Crippen molar-refractivity contribution >= 4 is 12.0 Å². The highest BCUT2D eigenvalue weighted by molar-refractivity contribution is 5.94. The molecule has 0 radical (unpaired) electrons. The second kappa shape index (κ2) is 5.82. The van der Waals surface area contributed by atoms with Gasteiger partial charge in [0.05, 0.1) is 5.56 Å². The second-order valence-corrected chi connectivity index (χ2v) is 4.88. The third kappa shape index (κ3) is 3.46. The summed E-state index contributed by atoms with van der Waals surface area (Å²) in [4.78, 5) is 23.7. The van der Waals surface area contributed by atoms with Gasteiger partial charge in [-0.3, -0.25) is 4.79 Å². The molecule has 2 amide bonds. The Hall–Kier alpha value is -2.32. The van der Waals surface area contributed by atoms with Gasteiger partial charge in [-0.15, -0.1) is 0 Å². The highest BCUT2D eigenvalue weighted by Gasteiger charge is 2.35. The zero-order chi connectivity index (χ0) is 16.5. The Balaban J connectivity index is 2.09. The fraction of sp³-hybridized carbons (Fsp3) is 0.385. The molecule has 22 heavy (non-hydrogen) atoms. The van der Waals surface area contributed by atoms with E-state index in [-0.39, 0.29) is 18.7 Å². The van der Waals surface area contributed by atoms with Crippen molar-refractivity contribution in [3.05, 3.63) is 35.1 Å². The quantitative estimate of drug-likeness (QED) is 0.822. The van der Waals surface area contributed by atoms with E-state index in [1.807, 2.05) is 0 Å². The lowest BCUT2D eigenvalue weighted by molar-refractivity contribution is -0.140. The van der Waals surface area contributed by atoms with Gasteiger partial charge in [0.25, 0.3) is 5.91 Å². The molecule has 0 bridgehead atoms. The number of hydrogen-bond acceptors (Lipinski definition) is 2. The molecule has 0 spiro atoms. The zero-order valence-electron chi connectivity index (χ0n) is 11.2. The molecule has 0 saturated carbocycles. The maximum atomic E-state index is 13.2. The molecule has 1 unspecified atom stereocenters. The van der Waals surface area contributed by atoms with Crippen LogP contribution in [0.3, 0.4) is 0 Å². The number of nitrogens with zero attached hydrogens (tertiary/aromatic N) is 1. The molecule has 2 N–H and O–H groups in total. The number of hydrogen-bond donors (Lipinski definition) is 2. The molecular formula is C13H12F4N2O3. The largest absolute Gasteiger partial charge is 0.465 e. The van der Waals surface area contributed by atoms with Gasteiger partial charge in [0.1, 0.15) is 5.82 Å². The van der Waals surface area contributed by atoms with Gasteiger partial charge >= 0.3 is 12.3 Å². The number of rotatable bonds is 2. The normalized spacial score (nSPS) is 18.4. The number of alkyl halides is 3. The second-order valence-electron chi connectivity index (χ2n) is 4.88. The smallest absolute Gasteiger partial charge is 0.419 e. The number of nitrogens with one attached hydrogen (secondary N) is 1. The van der Waals surface area contributed by atoms with Crippen molar-refractivity contribution in [2.24, 2.45) is 0 Å². The van der Waals surface area contributed by atoms with Crippen molar-refractivity contribution in [2.45, 2.75) is 18.6 Å². The van der Waals surface area contributed by atoms with Gasteiger partial charge in [0.2, 0.25) is 0 Å². The lowest BCUT2D eigenvalue weighted by Crippen LogP contribution is -2.38. The van der Waals surface area contributed by atoms with Crippen molar-refractivity contribution in [2.75, 3.05) is 13.1 Å². The van der Waals surface area contributed by atoms with Crippen LogP contribution in [0.5, 0.6) is 0 Å². The number of carbonyl (C=O) groups excluding carboxylic acids is 1. The standard InChI is InChI=1S/C13H12F4N2O3/c14-10-2-1-7(5-9(10)13(15,16)17)11(20)18-8-3-4-19(6-8)12(21)22/h1-2,5,8H,3-4,6H2,(H,18,20)(H,21,22). The van der Waals surface area contributed by atoms with Crippen LogP contribution in [-0.2, 0) is 6.18 Å². The Bertz CT molecular complexity index is 603. The van der Waals surface area contributed by atoms with Crippen molar-refractivity contribution < 1.29 is 32.3 Å². The summed E-state index contributed by atoms with van der Waals surface area (Å²) in [6, 6.07) is 1.48. The Morgan fingerprint density at radius 3 is 2.55 bits per heavy atom. The van der Waals surface area contributed by atoms with E-state index in [9.17, 15) is 27.2 Å². The van der Waals surface area contributed by atoms with Crippen molar-refractivity contribution in [1.82, 2.24) is 10.2 Å². The van der Waals surface area contributed by atoms with Gasteiger partial charge < -0.3 is 15.3 Å². The van der Waals surface area contributed by atoms with Gasteiger partial charge in [-0.1, -0.05) is 0 Å². The van der Waals surface area contributed by atoms with Crippen LogP contribution in [0.2, 0.25) is 0 Å². The van der Waals surface area contributed by atoms with Crippen LogP contribution in [0.15, 0.2) is 18.2 Å². The molecule has 1 aliphatic rings. The Morgan fingerprint density at radius 2 is 2.00 bits per heavy atom. The summed E-state index contributed by atoms with van der Waals surface area (Å²) in [6.45, 7) is 0.298. The van der Waals surface area contributed by atoms with Gasteiger partial charge in [-0.2, -0.15) is 13.2 Å². The molecule has 1 aliphatic heterocycles. The Morgan fingerprint density at radius 1 is 1.32 bits per heavy atom. The van der Waals surface area contributed by atoms with Crippen molar-refractivity contribution in [1.29, 1.82) is 0 Å². The lowest BCUT2D eigenvalue weighted by Gasteiger charge is -2.15. The lowest BCUT2D eigenvalue weighted by atomic mass is 10.1. The first kappa shape index (κ1) is 16.1. The Labute approximate surface area is 122 Å². The minimum absolute atomic E-state index is 0.0639. The highest BCUT2D eigenvalue weighted by Crippen LogP contribution is 2.31. The molecule has 1 fully saturated rings. The number of amides is 2. The van der Waals surface area contributed by atoms with Crippen LogP contribution >= 0.6 is 0 Å². The molecule has 1 aromatic carbocycles. The molecule has 0 aromatic heterocycles. The molecule has 9 heteroatoms. The van der Waals surface area contributed by atoms with E-state index in [0.29, 0.717) is 18.6 Å². The van der Waals surface area contributed by atoms with Crippen LogP contribution in [0.4, 0.5) is 22.4 Å². The van der Waals surface area contributed by atoms with E-state index in [0.717, 1.165) is 11.0 Å². The summed E-state index contributed by atoms with van der Waals surface area (Å²) < 4.78 is 50.9. The highest BCUT2D eigenvalue weighted by atomic mass is 19.4. The summed E-state index contributed by atoms with van der Waals surface area (Å²) in [6.07, 6.45) is -5.66. The molecule has 120 valence electrons. The van der Waals surface area contributed by atoms with Crippen LogP contribution in [0.1, 0.15) is 22.3 Å². The first-order valence-electron chi connectivity index (χ1n) is 6.34. The molecule has 1 saturated heterocycles. The van der Waals surface area contributed by atoms with E-state index in [4.69, 9.17) is 5.11 Å². The number of carbonyl (C=O) groups is 2. The van der Waals surface area contributed by atoms with E-state index < -0.39 is 35.6 Å². The monoisotopic (exact) mass is 320 g/mol. The number of carboxylic acid groups (broad SMARTS) is 1. The summed E-state index contributed by atoms with van der Waals surface area (Å²) in [5, 5.41) is 11.2. The number of likely N-dealkylation sites (tertiary alicyclic amines) is 1. The van der Waals surface area contributed by atoms with Crippen LogP contribution in [0.25, 0.3) is 0 Å². The van der Waals surface area contributed by atoms with E-state index in [1.54, 1.807) is 0 Å². The number of halogens is 4. The predicted octanol–water partition coefficient (Wildman–Crippen LogP) is 2.33. The van der Waals surface area contributed by atoms with Gasteiger partial charge in [0, 0.05) is 24.7 Å². The molecular weight excluding hydrogens is 308 g/mol. The topological polar surface area (TPSA) is 69.6 Å². The minimum Gasteiger partial charge on any atom is -0.465 e. The fourth-order valence-electron chi connectivity index (χ4n) is 2.20. The fourth-order valence-corrected chi connectivity index (χ4v) is 2.20. The number of benzene rings is 1. The SMILES string of the molecule is O=C(NC1CCN(C(=O)O)C1)c1ccc(F)c(C(F)(F)F)c1. The minimum atomic E-state index is -4.90. The van der Waals surface area contributed by atoms with E-state index in [1.165, 1.54) is 0 Å². The van der Waals surface area contributed by atoms with E-state index in [2.05, 4.69) is 5.32 Å². The molecule has 0 aliphatic carbocycles. The van der Waals surface area contributed by atoms with Crippen LogP contribution < -0.4 is 5.32 Å². The summed E-state index contributed by atoms with van der Waals surface area (Å²) in [5.41, 5.74) is -1.85. The summed E-state index contributed by atoms with van der Waals surface area (Å²) in [7, 11) is 0. The molecule has 5 nitrogen and oxygen atoms in total. The maximum absolute atomic E-state index is 13.2. The van der Waals surface area contributed by atoms with Gasteiger partial charge in [-0.25, -0.2) is 9.18 Å². The summed E-state index contributed by atoms with van der Waals surface area (Å²) >= 11 is 0. The van der Waals surface area contributed by atoms with Gasteiger partial charge in [0.15, 0.2) is 0 Å². The van der Waals surface area contributed by atoms with Crippen LogP contribution in [0, 0.1) is 5.82 Å². The average Bonchev–Trinajstić information content (AvgIpc) is 2.86. The third-order valence-corrected chi connectivity index (χ3v) is 3.33. The van der Waals surface area contributed by atoms with E-state index >= 15 is 0 Å². The molecule has 1 aromatic rings.